The molecule has 0 radical (unpaired) electrons. The maximum absolute atomic E-state index is 12.9. The van der Waals surface area contributed by atoms with Crippen LogP contribution in [0.15, 0.2) is 53.4 Å². The molecule has 2 aromatic rings. The van der Waals surface area contributed by atoms with Crippen LogP contribution in [0.5, 0.6) is 0 Å². The Bertz CT molecular complexity index is 867. The summed E-state index contributed by atoms with van der Waals surface area (Å²) in [4.78, 5) is 37.2. The van der Waals surface area contributed by atoms with Crippen molar-refractivity contribution in [2.45, 2.75) is 29.7 Å². The van der Waals surface area contributed by atoms with Crippen LogP contribution in [-0.2, 0) is 14.4 Å². The summed E-state index contributed by atoms with van der Waals surface area (Å²) in [6.45, 7) is 0. The molecule has 2 unspecified atom stereocenters. The molecule has 0 saturated carbocycles. The Morgan fingerprint density at radius 1 is 1.22 bits per heavy atom. The smallest absolute Gasteiger partial charge is 0.305 e. The Kier molecular flexibility index (Phi) is 5.81. The second-order valence-corrected chi connectivity index (χ2v) is 7.20. The Morgan fingerprint density at radius 3 is 2.59 bits per heavy atom. The first-order chi connectivity index (χ1) is 13.0. The monoisotopic (exact) mass is 384 g/mol. The molecule has 140 valence electrons. The van der Waals surface area contributed by atoms with Gasteiger partial charge in [-0.05, 0) is 35.6 Å². The molecule has 3 N–H and O–H groups in total. The van der Waals surface area contributed by atoms with Crippen LogP contribution in [0.25, 0.3) is 0 Å². The molecule has 1 aliphatic heterocycles. The van der Waals surface area contributed by atoms with Gasteiger partial charge in [0.15, 0.2) is 0 Å². The molecule has 1 heterocycles. The fourth-order valence-corrected chi connectivity index (χ4v) is 3.59. The first-order valence-corrected chi connectivity index (χ1v) is 9.75. The van der Waals surface area contributed by atoms with E-state index in [1.165, 1.54) is 0 Å². The van der Waals surface area contributed by atoms with E-state index >= 15 is 0 Å². The van der Waals surface area contributed by atoms with E-state index in [1.54, 1.807) is 30.0 Å². The van der Waals surface area contributed by atoms with E-state index in [1.807, 2.05) is 36.6 Å². The normalized spacial score (nSPS) is 16.8. The van der Waals surface area contributed by atoms with Crippen LogP contribution in [-0.4, -0.2) is 29.1 Å². The van der Waals surface area contributed by atoms with Crippen molar-refractivity contribution in [3.8, 4) is 0 Å². The van der Waals surface area contributed by atoms with Gasteiger partial charge in [0, 0.05) is 17.0 Å². The van der Waals surface area contributed by atoms with Crippen molar-refractivity contribution in [2.24, 2.45) is 0 Å². The van der Waals surface area contributed by atoms with Crippen LogP contribution in [0, 0.1) is 0 Å². The van der Waals surface area contributed by atoms with Crippen LogP contribution in [0.4, 0.5) is 5.69 Å². The minimum absolute atomic E-state index is 0.0358. The maximum atomic E-state index is 12.9. The number of amides is 2. The summed E-state index contributed by atoms with van der Waals surface area (Å²) < 4.78 is 0. The van der Waals surface area contributed by atoms with E-state index in [2.05, 4.69) is 10.6 Å². The Balaban J connectivity index is 1.84. The molecule has 0 spiro atoms. The molecule has 27 heavy (non-hydrogen) atoms. The summed E-state index contributed by atoms with van der Waals surface area (Å²) in [7, 11) is 0. The molecule has 7 heteroatoms. The van der Waals surface area contributed by atoms with Gasteiger partial charge in [0.2, 0.25) is 11.8 Å². The highest BCUT2D eigenvalue weighted by molar-refractivity contribution is 7.98. The second kappa shape index (κ2) is 8.26. The summed E-state index contributed by atoms with van der Waals surface area (Å²) in [5.74, 6) is -2.22. The highest BCUT2D eigenvalue weighted by Crippen LogP contribution is 2.33. The van der Waals surface area contributed by atoms with Gasteiger partial charge in [0.05, 0.1) is 18.4 Å². The highest BCUT2D eigenvalue weighted by atomic mass is 32.2. The number of anilines is 1. The number of benzene rings is 2. The lowest BCUT2D eigenvalue weighted by Crippen LogP contribution is -2.37. The molecule has 0 aromatic heterocycles. The van der Waals surface area contributed by atoms with Crippen molar-refractivity contribution in [3.63, 3.8) is 0 Å². The third-order valence-corrected chi connectivity index (χ3v) is 5.27. The van der Waals surface area contributed by atoms with Crippen LogP contribution in [0.1, 0.15) is 35.9 Å². The third kappa shape index (κ3) is 4.49. The Hall–Kier alpha value is -2.80. The van der Waals surface area contributed by atoms with Gasteiger partial charge < -0.3 is 15.7 Å². The van der Waals surface area contributed by atoms with Gasteiger partial charge in [-0.2, -0.15) is 0 Å². The zero-order valence-corrected chi connectivity index (χ0v) is 15.6. The number of carbonyl (C=O) groups is 3. The molecule has 1 aliphatic rings. The summed E-state index contributed by atoms with van der Waals surface area (Å²) in [5.41, 5.74) is 2.08. The van der Waals surface area contributed by atoms with Crippen molar-refractivity contribution in [2.75, 3.05) is 11.6 Å². The van der Waals surface area contributed by atoms with Gasteiger partial charge in [-0.25, -0.2) is 0 Å². The predicted molar refractivity (Wildman–Crippen MR) is 104 cm³/mol. The van der Waals surface area contributed by atoms with E-state index in [0.29, 0.717) is 5.69 Å². The molecule has 2 atom stereocenters. The molecule has 0 bridgehead atoms. The molecule has 0 aliphatic carbocycles. The maximum Gasteiger partial charge on any atom is 0.305 e. The largest absolute Gasteiger partial charge is 0.481 e. The zero-order valence-electron chi connectivity index (χ0n) is 14.8. The van der Waals surface area contributed by atoms with E-state index in [0.717, 1.165) is 16.0 Å². The number of fused-ring (bicyclic) bond motifs is 1. The zero-order chi connectivity index (χ0) is 19.4. The highest BCUT2D eigenvalue weighted by Gasteiger charge is 2.32. The summed E-state index contributed by atoms with van der Waals surface area (Å²) in [6.07, 6.45) is 1.76. The van der Waals surface area contributed by atoms with Gasteiger partial charge in [0.25, 0.3) is 0 Å². The van der Waals surface area contributed by atoms with Gasteiger partial charge in [0.1, 0.15) is 0 Å². The molecule has 6 nitrogen and oxygen atoms in total. The average Bonchev–Trinajstić information content (AvgIpc) is 2.66. The lowest BCUT2D eigenvalue weighted by molar-refractivity contribution is -0.138. The molecule has 3 rings (SSSR count). The molecule has 2 aromatic carbocycles. The van der Waals surface area contributed by atoms with Crippen LogP contribution in [0.2, 0.25) is 0 Å². The van der Waals surface area contributed by atoms with Crippen molar-refractivity contribution in [1.29, 1.82) is 0 Å². The lowest BCUT2D eigenvalue weighted by atomic mass is 9.89. The Labute approximate surface area is 161 Å². The molecular formula is C20H20N2O4S. The molecule has 2 amide bonds. The third-order valence-electron chi connectivity index (χ3n) is 4.53. The van der Waals surface area contributed by atoms with E-state index in [4.69, 9.17) is 0 Å². The number of thioether (sulfide) groups is 1. The van der Waals surface area contributed by atoms with Crippen LogP contribution < -0.4 is 10.6 Å². The first-order valence-electron chi connectivity index (χ1n) is 8.53. The Morgan fingerprint density at radius 2 is 1.93 bits per heavy atom. The summed E-state index contributed by atoms with van der Waals surface area (Å²) in [5, 5.41) is 14.8. The van der Waals surface area contributed by atoms with Crippen LogP contribution >= 0.6 is 11.8 Å². The number of carbonyl (C=O) groups excluding carboxylic acids is 2. The van der Waals surface area contributed by atoms with E-state index in [9.17, 15) is 19.5 Å². The van der Waals surface area contributed by atoms with Crippen molar-refractivity contribution < 1.29 is 19.5 Å². The number of carboxylic acids is 1. The fraction of sp³-hybridized carbons (Fsp3) is 0.250. The topological polar surface area (TPSA) is 95.5 Å². The van der Waals surface area contributed by atoms with E-state index < -0.39 is 17.9 Å². The second-order valence-electron chi connectivity index (χ2n) is 6.32. The van der Waals surface area contributed by atoms with E-state index in [-0.39, 0.29) is 24.7 Å². The molecule has 0 fully saturated rings. The molecular weight excluding hydrogens is 364 g/mol. The average molecular weight is 384 g/mol. The summed E-state index contributed by atoms with van der Waals surface area (Å²) in [6, 6.07) is 13.9. The van der Waals surface area contributed by atoms with Crippen molar-refractivity contribution in [3.05, 3.63) is 59.7 Å². The van der Waals surface area contributed by atoms with Gasteiger partial charge >= 0.3 is 5.97 Å². The van der Waals surface area contributed by atoms with Crippen molar-refractivity contribution in [1.82, 2.24) is 5.32 Å². The number of nitrogens with one attached hydrogen (secondary N) is 2. The van der Waals surface area contributed by atoms with Gasteiger partial charge in [-0.15, -0.1) is 11.8 Å². The molecule has 0 saturated heterocycles. The van der Waals surface area contributed by atoms with Crippen molar-refractivity contribution >= 4 is 35.2 Å². The minimum atomic E-state index is -1.00. The number of hydrogen-bond acceptors (Lipinski definition) is 4. The lowest BCUT2D eigenvalue weighted by Gasteiger charge is -2.27. The predicted octanol–water partition coefficient (Wildman–Crippen LogP) is 3.17. The number of para-hydroxylation sites is 1. The fourth-order valence-electron chi connectivity index (χ4n) is 3.18. The standard InChI is InChI=1S/C20H20N2O4S/c1-27-13-8-6-12(7-9-13)17(11-19(24)25)22-20(26)15-10-18(23)21-16-5-3-2-4-14(15)16/h2-9,15,17H,10-11H2,1H3,(H,21,23)(H,22,26)(H,24,25). The first kappa shape index (κ1) is 19.0. The minimum Gasteiger partial charge on any atom is -0.481 e. The number of hydrogen-bond donors (Lipinski definition) is 3. The van der Waals surface area contributed by atoms with Gasteiger partial charge in [-0.3, -0.25) is 14.4 Å². The SMILES string of the molecule is CSc1ccc(C(CC(=O)O)NC(=O)C2CC(=O)Nc3ccccc32)cc1. The summed E-state index contributed by atoms with van der Waals surface area (Å²) >= 11 is 1.58. The number of carboxylic acid groups (broad SMARTS) is 1. The quantitative estimate of drug-likeness (QED) is 0.665. The van der Waals surface area contributed by atoms with Gasteiger partial charge in [-0.1, -0.05) is 30.3 Å². The number of rotatable bonds is 6. The number of aliphatic carboxylic acids is 1. The van der Waals surface area contributed by atoms with Crippen LogP contribution in [0.3, 0.4) is 0 Å².